The van der Waals surface area contributed by atoms with Gasteiger partial charge in [-0.1, -0.05) is 23.7 Å². The summed E-state index contributed by atoms with van der Waals surface area (Å²) in [5.41, 5.74) is 2.07. The number of hydrogen-bond acceptors (Lipinski definition) is 4. The van der Waals surface area contributed by atoms with Gasteiger partial charge < -0.3 is 15.0 Å². The molecule has 1 heterocycles. The van der Waals surface area contributed by atoms with Crippen LogP contribution in [0.3, 0.4) is 0 Å². The van der Waals surface area contributed by atoms with Gasteiger partial charge in [-0.15, -0.1) is 11.3 Å². The molecule has 5 nitrogen and oxygen atoms in total. The molecule has 0 amide bonds. The number of guanidine groups is 1. The summed E-state index contributed by atoms with van der Waals surface area (Å²) in [4.78, 5) is 11.3. The monoisotopic (exact) mass is 380 g/mol. The average Bonchev–Trinajstić information content (AvgIpc) is 2.99. The smallest absolute Gasteiger partial charge is 0.194 e. The van der Waals surface area contributed by atoms with Gasteiger partial charge in [0.2, 0.25) is 0 Å². The van der Waals surface area contributed by atoms with Gasteiger partial charge in [0.25, 0.3) is 0 Å². The van der Waals surface area contributed by atoms with Crippen LogP contribution >= 0.6 is 22.9 Å². The molecule has 0 radical (unpaired) electrons. The summed E-state index contributed by atoms with van der Waals surface area (Å²) in [5.74, 6) is 0.831. The largest absolute Gasteiger partial charge is 0.375 e. The Morgan fingerprint density at radius 1 is 1.48 bits per heavy atom. The second-order valence-corrected chi connectivity index (χ2v) is 7.19. The quantitative estimate of drug-likeness (QED) is 0.584. The van der Waals surface area contributed by atoms with Gasteiger partial charge in [-0.3, -0.25) is 4.99 Å². The number of nitrogens with zero attached hydrogens (tertiary/aromatic N) is 3. The van der Waals surface area contributed by atoms with Crippen molar-refractivity contribution in [2.24, 2.45) is 4.99 Å². The van der Waals surface area contributed by atoms with Gasteiger partial charge in [0.15, 0.2) is 5.96 Å². The van der Waals surface area contributed by atoms with Crippen molar-refractivity contribution >= 4 is 28.9 Å². The van der Waals surface area contributed by atoms with Crippen molar-refractivity contribution < 1.29 is 4.74 Å². The highest BCUT2D eigenvalue weighted by Gasteiger charge is 2.13. The maximum absolute atomic E-state index is 6.08. The first kappa shape index (κ1) is 19.7. The van der Waals surface area contributed by atoms with Gasteiger partial charge in [0, 0.05) is 31.1 Å². The van der Waals surface area contributed by atoms with Crippen molar-refractivity contribution in [3.8, 4) is 0 Å². The van der Waals surface area contributed by atoms with E-state index in [1.807, 2.05) is 38.2 Å². The van der Waals surface area contributed by atoms with Gasteiger partial charge >= 0.3 is 0 Å². The molecule has 0 aliphatic carbocycles. The standard InChI is InChI=1S/C18H25ClN4OS/c1-5-20-18(23(3)11-16-12-25-13(2)22-16)21-10-17(24-4)14-7-6-8-15(19)9-14/h6-9,12,17H,5,10-11H2,1-4H3,(H,20,21). The molecule has 1 unspecified atom stereocenters. The van der Waals surface area contributed by atoms with Crippen LogP contribution in [0.2, 0.25) is 5.02 Å². The van der Waals surface area contributed by atoms with Crippen molar-refractivity contribution in [2.75, 3.05) is 27.2 Å². The summed E-state index contributed by atoms with van der Waals surface area (Å²) in [7, 11) is 3.70. The second-order valence-electron chi connectivity index (χ2n) is 5.69. The van der Waals surface area contributed by atoms with E-state index in [-0.39, 0.29) is 6.10 Å². The molecule has 136 valence electrons. The third kappa shape index (κ3) is 5.99. The molecule has 7 heteroatoms. The number of rotatable bonds is 7. The normalized spacial score (nSPS) is 12.9. The molecular formula is C18H25ClN4OS. The predicted octanol–water partition coefficient (Wildman–Crippen LogP) is 3.89. The third-order valence-corrected chi connectivity index (χ3v) is 4.73. The Hall–Kier alpha value is -1.63. The van der Waals surface area contributed by atoms with Crippen LogP contribution in [0.25, 0.3) is 0 Å². The van der Waals surface area contributed by atoms with Gasteiger partial charge in [0.1, 0.15) is 6.10 Å². The molecule has 1 N–H and O–H groups in total. The number of aromatic nitrogens is 1. The van der Waals surface area contributed by atoms with Crippen LogP contribution in [0, 0.1) is 6.92 Å². The summed E-state index contributed by atoms with van der Waals surface area (Å²) in [6, 6.07) is 7.70. The number of thiazole rings is 1. The fourth-order valence-corrected chi connectivity index (χ4v) is 3.26. The van der Waals surface area contributed by atoms with Crippen LogP contribution in [0.1, 0.15) is 29.3 Å². The minimum Gasteiger partial charge on any atom is -0.375 e. The Labute approximate surface area is 158 Å². The van der Waals surface area contributed by atoms with Gasteiger partial charge in [0.05, 0.1) is 23.8 Å². The molecule has 1 aromatic carbocycles. The Morgan fingerprint density at radius 3 is 2.88 bits per heavy atom. The highest BCUT2D eigenvalue weighted by atomic mass is 35.5. The minimum atomic E-state index is -0.137. The summed E-state index contributed by atoms with van der Waals surface area (Å²) in [6.07, 6.45) is -0.137. The number of benzene rings is 1. The summed E-state index contributed by atoms with van der Waals surface area (Å²) in [6.45, 7) is 6.10. The topological polar surface area (TPSA) is 49.8 Å². The highest BCUT2D eigenvalue weighted by Crippen LogP contribution is 2.21. The van der Waals surface area contributed by atoms with E-state index in [1.165, 1.54) is 0 Å². The number of nitrogens with one attached hydrogen (secondary N) is 1. The Morgan fingerprint density at radius 2 is 2.28 bits per heavy atom. The van der Waals surface area contributed by atoms with Crippen molar-refractivity contribution in [2.45, 2.75) is 26.5 Å². The zero-order chi connectivity index (χ0) is 18.2. The molecule has 2 rings (SSSR count). The first-order valence-electron chi connectivity index (χ1n) is 8.22. The number of hydrogen-bond donors (Lipinski definition) is 1. The van der Waals surface area contributed by atoms with Crippen LogP contribution in [0.4, 0.5) is 0 Å². The molecule has 0 saturated carbocycles. The van der Waals surface area contributed by atoms with E-state index < -0.39 is 0 Å². The van der Waals surface area contributed by atoms with Crippen LogP contribution < -0.4 is 5.32 Å². The highest BCUT2D eigenvalue weighted by molar-refractivity contribution is 7.09. The van der Waals surface area contributed by atoms with Crippen LogP contribution in [0.15, 0.2) is 34.6 Å². The van der Waals surface area contributed by atoms with Crippen molar-refractivity contribution in [3.05, 3.63) is 50.9 Å². The molecule has 0 saturated heterocycles. The van der Waals surface area contributed by atoms with E-state index in [1.54, 1.807) is 18.4 Å². The second kappa shape index (κ2) is 9.75. The van der Waals surface area contributed by atoms with E-state index >= 15 is 0 Å². The fraction of sp³-hybridized carbons (Fsp3) is 0.444. The van der Waals surface area contributed by atoms with Gasteiger partial charge in [-0.05, 0) is 31.5 Å². The summed E-state index contributed by atoms with van der Waals surface area (Å²) < 4.78 is 5.60. The Kier molecular flexibility index (Phi) is 7.68. The Bertz CT molecular complexity index is 704. The number of ether oxygens (including phenoxy) is 1. The molecule has 0 spiro atoms. The molecule has 0 bridgehead atoms. The lowest BCUT2D eigenvalue weighted by Gasteiger charge is -2.22. The zero-order valence-electron chi connectivity index (χ0n) is 15.1. The van der Waals surface area contributed by atoms with Crippen LogP contribution in [-0.4, -0.2) is 43.1 Å². The molecule has 1 atom stereocenters. The maximum atomic E-state index is 6.08. The fourth-order valence-electron chi connectivity index (χ4n) is 2.46. The van der Waals surface area contributed by atoms with Crippen molar-refractivity contribution in [3.63, 3.8) is 0 Å². The molecule has 0 aliphatic heterocycles. The average molecular weight is 381 g/mol. The first-order chi connectivity index (χ1) is 12.0. The van der Waals surface area contributed by atoms with E-state index in [0.29, 0.717) is 18.1 Å². The number of halogens is 1. The van der Waals surface area contributed by atoms with E-state index in [4.69, 9.17) is 21.3 Å². The van der Waals surface area contributed by atoms with E-state index in [9.17, 15) is 0 Å². The first-order valence-corrected chi connectivity index (χ1v) is 9.48. The van der Waals surface area contributed by atoms with E-state index in [0.717, 1.165) is 28.8 Å². The molecule has 0 fully saturated rings. The molecular weight excluding hydrogens is 356 g/mol. The predicted molar refractivity (Wildman–Crippen MR) is 105 cm³/mol. The van der Waals surface area contributed by atoms with Crippen LogP contribution in [0.5, 0.6) is 0 Å². The molecule has 25 heavy (non-hydrogen) atoms. The zero-order valence-corrected chi connectivity index (χ0v) is 16.7. The lowest BCUT2D eigenvalue weighted by molar-refractivity contribution is 0.110. The van der Waals surface area contributed by atoms with Crippen molar-refractivity contribution in [1.29, 1.82) is 0 Å². The number of methoxy groups -OCH3 is 1. The number of aliphatic imine (C=N–C) groups is 1. The minimum absolute atomic E-state index is 0.137. The number of aryl methyl sites for hydroxylation is 1. The maximum Gasteiger partial charge on any atom is 0.194 e. The summed E-state index contributed by atoms with van der Waals surface area (Å²) >= 11 is 7.74. The molecule has 0 aliphatic rings. The van der Waals surface area contributed by atoms with Gasteiger partial charge in [-0.25, -0.2) is 4.98 Å². The van der Waals surface area contributed by atoms with Crippen LogP contribution in [-0.2, 0) is 11.3 Å². The third-order valence-electron chi connectivity index (χ3n) is 3.67. The van der Waals surface area contributed by atoms with Crippen molar-refractivity contribution in [1.82, 2.24) is 15.2 Å². The lowest BCUT2D eigenvalue weighted by atomic mass is 10.1. The SMILES string of the molecule is CCNC(=NCC(OC)c1cccc(Cl)c1)N(C)Cc1csc(C)n1. The van der Waals surface area contributed by atoms with E-state index in [2.05, 4.69) is 27.5 Å². The molecule has 2 aromatic rings. The lowest BCUT2D eigenvalue weighted by Crippen LogP contribution is -2.38. The Balaban J connectivity index is 2.08. The summed E-state index contributed by atoms with van der Waals surface area (Å²) in [5, 5.41) is 7.18. The molecule has 1 aromatic heterocycles. The van der Waals surface area contributed by atoms with Gasteiger partial charge in [-0.2, -0.15) is 0 Å².